The average molecular weight is 302 g/mol. The van der Waals surface area contributed by atoms with E-state index in [0.29, 0.717) is 0 Å². The molecule has 0 atom stereocenters. The Balaban J connectivity index is 1.62. The SMILES string of the molecule is CN(Cc1ncc(-c2ccccc2)s1)CC1(O)CCCC1. The van der Waals surface area contributed by atoms with Gasteiger partial charge in [-0.25, -0.2) is 4.98 Å². The van der Waals surface area contributed by atoms with Gasteiger partial charge < -0.3 is 5.11 Å². The fourth-order valence-corrected chi connectivity index (χ4v) is 4.10. The summed E-state index contributed by atoms with van der Waals surface area (Å²) in [5.74, 6) is 0. The minimum absolute atomic E-state index is 0.478. The highest BCUT2D eigenvalue weighted by Crippen LogP contribution is 2.31. The normalized spacial score (nSPS) is 17.5. The standard InChI is InChI=1S/C17H22N2OS/c1-19(13-17(20)9-5-6-10-17)12-16-18-11-15(21-16)14-7-3-2-4-8-14/h2-4,7-8,11,20H,5-6,9-10,12-13H2,1H3. The van der Waals surface area contributed by atoms with E-state index in [1.54, 1.807) is 11.3 Å². The van der Waals surface area contributed by atoms with Gasteiger partial charge in [0.05, 0.1) is 17.0 Å². The summed E-state index contributed by atoms with van der Waals surface area (Å²) >= 11 is 1.74. The number of nitrogens with zero attached hydrogens (tertiary/aromatic N) is 2. The number of thiazole rings is 1. The first-order valence-electron chi connectivity index (χ1n) is 7.56. The van der Waals surface area contributed by atoms with Crippen LogP contribution in [0.25, 0.3) is 10.4 Å². The van der Waals surface area contributed by atoms with Gasteiger partial charge in [0.25, 0.3) is 0 Å². The van der Waals surface area contributed by atoms with Gasteiger partial charge in [0.15, 0.2) is 0 Å². The Morgan fingerprint density at radius 3 is 2.67 bits per heavy atom. The van der Waals surface area contributed by atoms with Crippen molar-refractivity contribution in [2.24, 2.45) is 0 Å². The Morgan fingerprint density at radius 2 is 1.95 bits per heavy atom. The highest BCUT2D eigenvalue weighted by atomic mass is 32.1. The first-order valence-corrected chi connectivity index (χ1v) is 8.37. The van der Waals surface area contributed by atoms with E-state index in [1.165, 1.54) is 10.4 Å². The third-order valence-corrected chi connectivity index (χ3v) is 5.15. The van der Waals surface area contributed by atoms with E-state index in [-0.39, 0.29) is 0 Å². The van der Waals surface area contributed by atoms with Crippen LogP contribution < -0.4 is 0 Å². The van der Waals surface area contributed by atoms with Crippen molar-refractivity contribution in [3.05, 3.63) is 41.5 Å². The molecule has 2 aromatic rings. The van der Waals surface area contributed by atoms with Crippen LogP contribution in [0, 0.1) is 0 Å². The van der Waals surface area contributed by atoms with Crippen LogP contribution in [-0.4, -0.2) is 34.2 Å². The van der Waals surface area contributed by atoms with Gasteiger partial charge in [-0.3, -0.25) is 4.90 Å². The first kappa shape index (κ1) is 14.7. The van der Waals surface area contributed by atoms with Crippen molar-refractivity contribution in [1.82, 2.24) is 9.88 Å². The molecule has 1 aromatic heterocycles. The van der Waals surface area contributed by atoms with E-state index in [1.807, 2.05) is 12.3 Å². The number of hydrogen-bond acceptors (Lipinski definition) is 4. The van der Waals surface area contributed by atoms with Gasteiger partial charge in [0, 0.05) is 12.7 Å². The molecule has 1 fully saturated rings. The van der Waals surface area contributed by atoms with Gasteiger partial charge in [0.1, 0.15) is 5.01 Å². The summed E-state index contributed by atoms with van der Waals surface area (Å²) in [5, 5.41) is 11.6. The summed E-state index contributed by atoms with van der Waals surface area (Å²) in [6.45, 7) is 1.55. The zero-order valence-corrected chi connectivity index (χ0v) is 13.3. The molecule has 1 heterocycles. The zero-order valence-electron chi connectivity index (χ0n) is 12.5. The number of rotatable bonds is 5. The Morgan fingerprint density at radius 1 is 1.24 bits per heavy atom. The minimum atomic E-state index is -0.478. The van der Waals surface area contributed by atoms with E-state index in [0.717, 1.165) is 43.8 Å². The molecule has 1 saturated carbocycles. The number of benzene rings is 1. The highest BCUT2D eigenvalue weighted by molar-refractivity contribution is 7.15. The number of hydrogen-bond donors (Lipinski definition) is 1. The topological polar surface area (TPSA) is 36.4 Å². The molecule has 1 aliphatic carbocycles. The molecule has 0 unspecified atom stereocenters. The van der Waals surface area contributed by atoms with Crippen LogP contribution >= 0.6 is 11.3 Å². The predicted molar refractivity (Wildman–Crippen MR) is 87.3 cm³/mol. The molecule has 112 valence electrons. The number of likely N-dealkylation sites (N-methyl/N-ethyl adjacent to an activating group) is 1. The first-order chi connectivity index (χ1) is 10.1. The monoisotopic (exact) mass is 302 g/mol. The molecule has 4 heteroatoms. The van der Waals surface area contributed by atoms with Crippen molar-refractivity contribution in [3.63, 3.8) is 0 Å². The molecule has 1 aromatic carbocycles. The van der Waals surface area contributed by atoms with Crippen LogP contribution in [0.3, 0.4) is 0 Å². The maximum absolute atomic E-state index is 10.5. The molecule has 0 amide bonds. The molecule has 0 bridgehead atoms. The van der Waals surface area contributed by atoms with Crippen molar-refractivity contribution in [3.8, 4) is 10.4 Å². The predicted octanol–water partition coefficient (Wildman–Crippen LogP) is 3.55. The summed E-state index contributed by atoms with van der Waals surface area (Å²) in [7, 11) is 2.07. The van der Waals surface area contributed by atoms with E-state index >= 15 is 0 Å². The van der Waals surface area contributed by atoms with Crippen LogP contribution in [0.4, 0.5) is 0 Å². The molecule has 3 nitrogen and oxygen atoms in total. The van der Waals surface area contributed by atoms with E-state index in [9.17, 15) is 5.11 Å². The van der Waals surface area contributed by atoms with Crippen molar-refractivity contribution in [2.45, 2.75) is 37.8 Å². The van der Waals surface area contributed by atoms with Gasteiger partial charge >= 0.3 is 0 Å². The smallest absolute Gasteiger partial charge is 0.107 e. The summed E-state index contributed by atoms with van der Waals surface area (Å²) in [6, 6.07) is 10.4. The van der Waals surface area contributed by atoms with Crippen LogP contribution in [0.15, 0.2) is 36.5 Å². The second kappa shape index (κ2) is 6.26. The number of aromatic nitrogens is 1. The lowest BCUT2D eigenvalue weighted by molar-refractivity contribution is 0.0145. The van der Waals surface area contributed by atoms with Crippen LogP contribution in [0.5, 0.6) is 0 Å². The summed E-state index contributed by atoms with van der Waals surface area (Å²) in [4.78, 5) is 7.93. The van der Waals surface area contributed by atoms with Crippen molar-refractivity contribution >= 4 is 11.3 Å². The second-order valence-electron chi connectivity index (χ2n) is 6.09. The number of aliphatic hydroxyl groups is 1. The average Bonchev–Trinajstić information content (AvgIpc) is 3.09. The largest absolute Gasteiger partial charge is 0.389 e. The minimum Gasteiger partial charge on any atom is -0.389 e. The fourth-order valence-electron chi connectivity index (χ4n) is 3.10. The van der Waals surface area contributed by atoms with Crippen LogP contribution in [-0.2, 0) is 6.54 Å². The lowest BCUT2D eigenvalue weighted by Gasteiger charge is -2.27. The van der Waals surface area contributed by atoms with Crippen LogP contribution in [0.2, 0.25) is 0 Å². The molecule has 21 heavy (non-hydrogen) atoms. The third kappa shape index (κ3) is 3.70. The Bertz CT molecular complexity index is 575. The van der Waals surface area contributed by atoms with Crippen LogP contribution in [0.1, 0.15) is 30.7 Å². The van der Waals surface area contributed by atoms with Crippen molar-refractivity contribution in [2.75, 3.05) is 13.6 Å². The molecule has 0 spiro atoms. The van der Waals surface area contributed by atoms with E-state index < -0.39 is 5.60 Å². The van der Waals surface area contributed by atoms with Crippen molar-refractivity contribution < 1.29 is 5.11 Å². The molecule has 3 rings (SSSR count). The second-order valence-corrected chi connectivity index (χ2v) is 7.20. The zero-order chi connectivity index (χ0) is 14.7. The molecule has 1 aliphatic rings. The Hall–Kier alpha value is -1.23. The van der Waals surface area contributed by atoms with Gasteiger partial charge in [0.2, 0.25) is 0 Å². The molecular formula is C17H22N2OS. The summed E-state index contributed by atoms with van der Waals surface area (Å²) in [6.07, 6.45) is 6.13. The molecule has 0 saturated heterocycles. The Labute approximate surface area is 130 Å². The quantitative estimate of drug-likeness (QED) is 0.917. The molecule has 0 aliphatic heterocycles. The molecular weight excluding hydrogens is 280 g/mol. The fraction of sp³-hybridized carbons (Fsp3) is 0.471. The Kier molecular flexibility index (Phi) is 4.38. The van der Waals surface area contributed by atoms with Gasteiger partial charge in [-0.2, -0.15) is 0 Å². The highest BCUT2D eigenvalue weighted by Gasteiger charge is 2.32. The lowest BCUT2D eigenvalue weighted by atomic mass is 10.0. The van der Waals surface area contributed by atoms with Gasteiger partial charge in [-0.1, -0.05) is 43.2 Å². The lowest BCUT2D eigenvalue weighted by Crippen LogP contribution is -2.38. The van der Waals surface area contributed by atoms with Crippen molar-refractivity contribution in [1.29, 1.82) is 0 Å². The van der Waals surface area contributed by atoms with E-state index in [2.05, 4.69) is 41.2 Å². The van der Waals surface area contributed by atoms with E-state index in [4.69, 9.17) is 0 Å². The van der Waals surface area contributed by atoms with Gasteiger partial charge in [-0.05, 0) is 25.5 Å². The maximum Gasteiger partial charge on any atom is 0.107 e. The summed E-state index contributed by atoms with van der Waals surface area (Å²) in [5.41, 5.74) is 0.743. The van der Waals surface area contributed by atoms with Gasteiger partial charge in [-0.15, -0.1) is 11.3 Å². The summed E-state index contributed by atoms with van der Waals surface area (Å²) < 4.78 is 0. The maximum atomic E-state index is 10.5. The third-order valence-electron chi connectivity index (χ3n) is 4.12. The molecule has 0 radical (unpaired) electrons. The molecule has 1 N–H and O–H groups in total.